The molecule has 0 aliphatic rings. The number of nitrogens with one attached hydrogen (secondary N) is 1. The minimum atomic E-state index is -0.516. The van der Waals surface area contributed by atoms with Gasteiger partial charge in [-0.3, -0.25) is 4.79 Å². The van der Waals surface area contributed by atoms with Gasteiger partial charge in [-0.05, 0) is 35.9 Å². The number of para-hydroxylation sites is 1. The second kappa shape index (κ2) is 5.97. The molecule has 1 amide bonds. The zero-order chi connectivity index (χ0) is 14.5. The molecule has 102 valence electrons. The highest BCUT2D eigenvalue weighted by Gasteiger charge is 2.03. The van der Waals surface area contributed by atoms with Crippen LogP contribution in [0.3, 0.4) is 0 Å². The normalized spacial score (nSPS) is 10.7. The summed E-state index contributed by atoms with van der Waals surface area (Å²) >= 11 is 0. The van der Waals surface area contributed by atoms with Crippen LogP contribution in [-0.4, -0.2) is 5.91 Å². The Morgan fingerprint density at radius 3 is 2.55 bits per heavy atom. The maximum Gasteiger partial charge on any atom is 0.248 e. The first-order chi connectivity index (χ1) is 9.56. The SMILES string of the molecule is Nc1cc(/C=C/C(=O)Nc2ccccc2F)ccc1F. The van der Waals surface area contributed by atoms with Gasteiger partial charge in [0.1, 0.15) is 11.6 Å². The van der Waals surface area contributed by atoms with E-state index in [2.05, 4.69) is 5.32 Å². The maximum absolute atomic E-state index is 13.3. The summed E-state index contributed by atoms with van der Waals surface area (Å²) in [7, 11) is 0. The molecule has 2 aromatic carbocycles. The van der Waals surface area contributed by atoms with E-state index in [0.29, 0.717) is 5.56 Å². The van der Waals surface area contributed by atoms with E-state index < -0.39 is 17.5 Å². The van der Waals surface area contributed by atoms with Gasteiger partial charge >= 0.3 is 0 Å². The van der Waals surface area contributed by atoms with Crippen molar-refractivity contribution in [3.05, 3.63) is 65.7 Å². The summed E-state index contributed by atoms with van der Waals surface area (Å²) in [5.41, 5.74) is 6.09. The maximum atomic E-state index is 13.3. The quantitative estimate of drug-likeness (QED) is 0.667. The topological polar surface area (TPSA) is 55.1 Å². The smallest absolute Gasteiger partial charge is 0.248 e. The number of nitrogens with two attached hydrogens (primary N) is 1. The van der Waals surface area contributed by atoms with Crippen molar-refractivity contribution >= 4 is 23.4 Å². The molecule has 2 rings (SSSR count). The van der Waals surface area contributed by atoms with E-state index >= 15 is 0 Å². The van der Waals surface area contributed by atoms with Crippen LogP contribution in [0.25, 0.3) is 6.08 Å². The number of hydrogen-bond acceptors (Lipinski definition) is 2. The van der Waals surface area contributed by atoms with Crippen molar-refractivity contribution in [2.45, 2.75) is 0 Å². The van der Waals surface area contributed by atoms with Crippen LogP contribution >= 0.6 is 0 Å². The summed E-state index contributed by atoms with van der Waals surface area (Å²) in [6, 6.07) is 9.95. The molecule has 0 unspecified atom stereocenters. The summed E-state index contributed by atoms with van der Waals surface area (Å²) < 4.78 is 26.3. The van der Waals surface area contributed by atoms with Crippen molar-refractivity contribution in [2.75, 3.05) is 11.1 Å². The van der Waals surface area contributed by atoms with E-state index in [1.54, 1.807) is 6.07 Å². The molecular weight excluding hydrogens is 262 g/mol. The Hall–Kier alpha value is -2.69. The van der Waals surface area contributed by atoms with Gasteiger partial charge in [0.25, 0.3) is 0 Å². The summed E-state index contributed by atoms with van der Waals surface area (Å²) in [6.45, 7) is 0. The van der Waals surface area contributed by atoms with Crippen molar-refractivity contribution in [2.24, 2.45) is 0 Å². The number of carbonyl (C=O) groups is 1. The molecule has 3 N–H and O–H groups in total. The molecule has 0 aliphatic carbocycles. The minimum absolute atomic E-state index is 0.00154. The molecule has 0 fully saturated rings. The molecule has 5 heteroatoms. The summed E-state index contributed by atoms with van der Waals surface area (Å²) in [6.07, 6.45) is 2.69. The van der Waals surface area contributed by atoms with Crippen molar-refractivity contribution < 1.29 is 13.6 Å². The molecule has 0 saturated carbocycles. The fourth-order valence-electron chi connectivity index (χ4n) is 1.57. The number of hydrogen-bond donors (Lipinski definition) is 2. The van der Waals surface area contributed by atoms with Gasteiger partial charge in [-0.2, -0.15) is 0 Å². The monoisotopic (exact) mass is 274 g/mol. The van der Waals surface area contributed by atoms with E-state index in [9.17, 15) is 13.6 Å². The third-order valence-electron chi connectivity index (χ3n) is 2.58. The first-order valence-corrected chi connectivity index (χ1v) is 5.85. The van der Waals surface area contributed by atoms with Crippen LogP contribution in [0.1, 0.15) is 5.56 Å². The average molecular weight is 274 g/mol. The highest BCUT2D eigenvalue weighted by Crippen LogP contribution is 2.14. The summed E-state index contributed by atoms with van der Waals surface area (Å²) in [5.74, 6) is -1.52. The number of nitrogen functional groups attached to an aromatic ring is 1. The molecule has 0 heterocycles. The van der Waals surface area contributed by atoms with Gasteiger partial charge in [-0.25, -0.2) is 8.78 Å². The van der Waals surface area contributed by atoms with Gasteiger partial charge in [-0.15, -0.1) is 0 Å². The first kappa shape index (κ1) is 13.7. The fourth-order valence-corrected chi connectivity index (χ4v) is 1.57. The lowest BCUT2D eigenvalue weighted by molar-refractivity contribution is -0.111. The highest BCUT2D eigenvalue weighted by atomic mass is 19.1. The molecule has 0 atom stereocenters. The van der Waals surface area contributed by atoms with Crippen molar-refractivity contribution in [3.63, 3.8) is 0 Å². The van der Waals surface area contributed by atoms with Crippen LogP contribution in [0.5, 0.6) is 0 Å². The summed E-state index contributed by atoms with van der Waals surface area (Å²) in [5, 5.41) is 2.40. The number of rotatable bonds is 3. The molecule has 20 heavy (non-hydrogen) atoms. The number of halogens is 2. The molecule has 0 aliphatic heterocycles. The van der Waals surface area contributed by atoms with Gasteiger partial charge in [0.05, 0.1) is 11.4 Å². The van der Waals surface area contributed by atoms with Gasteiger partial charge in [0.15, 0.2) is 0 Å². The van der Waals surface area contributed by atoms with Crippen molar-refractivity contribution in [3.8, 4) is 0 Å². The molecule has 0 bridgehead atoms. The van der Waals surface area contributed by atoms with Crippen LogP contribution in [0.2, 0.25) is 0 Å². The number of carbonyl (C=O) groups excluding carboxylic acids is 1. The van der Waals surface area contributed by atoms with Crippen LogP contribution in [0.15, 0.2) is 48.5 Å². The highest BCUT2D eigenvalue weighted by molar-refractivity contribution is 6.02. The molecule has 0 radical (unpaired) electrons. The number of anilines is 2. The second-order valence-electron chi connectivity index (χ2n) is 4.08. The van der Waals surface area contributed by atoms with E-state index in [1.807, 2.05) is 0 Å². The van der Waals surface area contributed by atoms with E-state index in [1.165, 1.54) is 48.6 Å². The molecule has 0 aromatic heterocycles. The second-order valence-corrected chi connectivity index (χ2v) is 4.08. The van der Waals surface area contributed by atoms with E-state index in [4.69, 9.17) is 5.73 Å². The first-order valence-electron chi connectivity index (χ1n) is 5.85. The Bertz CT molecular complexity index is 669. The third-order valence-corrected chi connectivity index (χ3v) is 2.58. The average Bonchev–Trinajstić information content (AvgIpc) is 2.43. The fraction of sp³-hybridized carbons (Fsp3) is 0. The molecule has 0 saturated heterocycles. The minimum Gasteiger partial charge on any atom is -0.396 e. The van der Waals surface area contributed by atoms with E-state index in [-0.39, 0.29) is 11.4 Å². The number of benzene rings is 2. The Morgan fingerprint density at radius 2 is 1.85 bits per heavy atom. The molecule has 0 spiro atoms. The zero-order valence-corrected chi connectivity index (χ0v) is 10.4. The molecular formula is C15H12F2N2O. The predicted octanol–water partition coefficient (Wildman–Crippen LogP) is 3.20. The lowest BCUT2D eigenvalue weighted by Gasteiger charge is -2.03. The molecule has 2 aromatic rings. The van der Waals surface area contributed by atoms with Crippen LogP contribution in [-0.2, 0) is 4.79 Å². The standard InChI is InChI=1S/C15H12F2N2O/c16-11-7-5-10(9-13(11)18)6-8-15(20)19-14-4-2-1-3-12(14)17/h1-9H,18H2,(H,19,20)/b8-6+. The third kappa shape index (κ3) is 3.41. The Kier molecular flexibility index (Phi) is 4.10. The number of amides is 1. The Labute approximate surface area is 114 Å². The zero-order valence-electron chi connectivity index (χ0n) is 10.4. The van der Waals surface area contributed by atoms with Crippen LogP contribution in [0.4, 0.5) is 20.2 Å². The van der Waals surface area contributed by atoms with Crippen LogP contribution < -0.4 is 11.1 Å². The largest absolute Gasteiger partial charge is 0.396 e. The Balaban J connectivity index is 2.06. The van der Waals surface area contributed by atoms with E-state index in [0.717, 1.165) is 0 Å². The lowest BCUT2D eigenvalue weighted by atomic mass is 10.2. The lowest BCUT2D eigenvalue weighted by Crippen LogP contribution is -2.09. The predicted molar refractivity (Wildman–Crippen MR) is 74.9 cm³/mol. The Morgan fingerprint density at radius 1 is 1.10 bits per heavy atom. The van der Waals surface area contributed by atoms with Crippen molar-refractivity contribution in [1.29, 1.82) is 0 Å². The van der Waals surface area contributed by atoms with Crippen molar-refractivity contribution in [1.82, 2.24) is 0 Å². The van der Waals surface area contributed by atoms with Crippen LogP contribution in [0, 0.1) is 11.6 Å². The van der Waals surface area contributed by atoms with Gasteiger partial charge in [0.2, 0.25) is 5.91 Å². The van der Waals surface area contributed by atoms with Gasteiger partial charge in [0, 0.05) is 6.08 Å². The van der Waals surface area contributed by atoms with Gasteiger partial charge < -0.3 is 11.1 Å². The van der Waals surface area contributed by atoms with Gasteiger partial charge in [-0.1, -0.05) is 18.2 Å². The summed E-state index contributed by atoms with van der Waals surface area (Å²) in [4.78, 5) is 11.6. The molecule has 3 nitrogen and oxygen atoms in total.